The summed E-state index contributed by atoms with van der Waals surface area (Å²) < 4.78 is 0. The van der Waals surface area contributed by atoms with Gasteiger partial charge in [-0.05, 0) is 75.8 Å². The minimum Gasteiger partial charge on any atom is -0.303 e. The maximum absolute atomic E-state index is 4.18. The first-order valence-electron chi connectivity index (χ1n) is 21.0. The highest BCUT2D eigenvalue weighted by Gasteiger charge is 2.35. The second-order valence-electron chi connectivity index (χ2n) is 16.0. The topological polar surface area (TPSA) is 3.24 Å². The Morgan fingerprint density at radius 2 is 0.727 bits per heavy atom. The summed E-state index contributed by atoms with van der Waals surface area (Å²) in [5.41, 5.74) is 1.35. The molecule has 0 spiro atoms. The second kappa shape index (κ2) is 27.8. The van der Waals surface area contributed by atoms with Crippen LogP contribution in [0.1, 0.15) is 220 Å². The lowest BCUT2D eigenvalue weighted by atomic mass is 10.0. The molecule has 2 rings (SSSR count). The van der Waals surface area contributed by atoms with Gasteiger partial charge in [0.2, 0.25) is 0 Å². The van der Waals surface area contributed by atoms with Crippen molar-refractivity contribution in [1.82, 2.24) is 4.90 Å². The number of rotatable bonds is 35. The van der Waals surface area contributed by atoms with Crippen LogP contribution in [0.5, 0.6) is 0 Å². The molecule has 1 nitrogen and oxygen atoms in total. The minimum absolute atomic E-state index is 1.11. The molecule has 0 aliphatic heterocycles. The lowest BCUT2D eigenvalue weighted by Crippen LogP contribution is -2.27. The summed E-state index contributed by atoms with van der Waals surface area (Å²) in [6.45, 7) is 14.9. The van der Waals surface area contributed by atoms with E-state index >= 15 is 0 Å². The van der Waals surface area contributed by atoms with Gasteiger partial charge in [-0.3, -0.25) is 0 Å². The monoisotopic (exact) mass is 614 g/mol. The molecular formula is C43H83N. The molecule has 2 fully saturated rings. The zero-order valence-electron chi connectivity index (χ0n) is 31.0. The third-order valence-electron chi connectivity index (χ3n) is 11.4. The van der Waals surface area contributed by atoms with Crippen LogP contribution in [0.15, 0.2) is 12.2 Å². The van der Waals surface area contributed by atoms with E-state index in [0.717, 1.165) is 23.7 Å². The molecule has 0 saturated heterocycles. The zero-order chi connectivity index (χ0) is 31.5. The molecule has 0 amide bonds. The molecule has 2 aliphatic carbocycles. The quantitative estimate of drug-likeness (QED) is 0.0507. The molecular weight excluding hydrogens is 530 g/mol. The van der Waals surface area contributed by atoms with Gasteiger partial charge in [0.05, 0.1) is 0 Å². The van der Waals surface area contributed by atoms with Gasteiger partial charge >= 0.3 is 0 Å². The largest absolute Gasteiger partial charge is 0.303 e. The third-order valence-corrected chi connectivity index (χ3v) is 11.4. The molecule has 0 aromatic heterocycles. The Labute approximate surface area is 279 Å². The number of hydrogen-bond donors (Lipinski definition) is 0. The highest BCUT2D eigenvalue weighted by Crippen LogP contribution is 2.46. The second-order valence-corrected chi connectivity index (χ2v) is 16.0. The van der Waals surface area contributed by atoms with Crippen LogP contribution in [0.25, 0.3) is 0 Å². The number of unbranched alkanes of at least 4 members (excludes halogenated alkanes) is 20. The van der Waals surface area contributed by atoms with E-state index in [1.165, 1.54) is 199 Å². The summed E-state index contributed by atoms with van der Waals surface area (Å²) in [5, 5.41) is 0. The molecule has 4 atom stereocenters. The molecule has 0 heterocycles. The highest BCUT2D eigenvalue weighted by atomic mass is 15.1. The lowest BCUT2D eigenvalue weighted by molar-refractivity contribution is 0.263. The van der Waals surface area contributed by atoms with Gasteiger partial charge < -0.3 is 4.90 Å². The van der Waals surface area contributed by atoms with Crippen molar-refractivity contribution in [2.45, 2.75) is 220 Å². The van der Waals surface area contributed by atoms with Crippen LogP contribution < -0.4 is 0 Å². The summed E-state index contributed by atoms with van der Waals surface area (Å²) in [6.07, 6.45) is 45.5. The molecule has 2 aliphatic rings. The molecule has 1 heteroatoms. The molecule has 0 bridgehead atoms. The van der Waals surface area contributed by atoms with E-state index in [1.54, 1.807) is 25.7 Å². The van der Waals surface area contributed by atoms with Gasteiger partial charge in [-0.25, -0.2) is 0 Å². The highest BCUT2D eigenvalue weighted by molar-refractivity contribution is 4.89. The summed E-state index contributed by atoms with van der Waals surface area (Å²) in [5.74, 6) is 4.46. The Morgan fingerprint density at radius 1 is 0.432 bits per heavy atom. The van der Waals surface area contributed by atoms with Crippen LogP contribution in [-0.4, -0.2) is 24.5 Å². The molecule has 0 aromatic rings. The molecule has 44 heavy (non-hydrogen) atoms. The Hall–Kier alpha value is -0.300. The molecule has 0 aromatic carbocycles. The van der Waals surface area contributed by atoms with Gasteiger partial charge in [-0.2, -0.15) is 0 Å². The average Bonchev–Trinajstić information content (AvgIpc) is 3.94. The number of hydrogen-bond acceptors (Lipinski definition) is 1. The van der Waals surface area contributed by atoms with Gasteiger partial charge in [0.1, 0.15) is 0 Å². The zero-order valence-corrected chi connectivity index (χ0v) is 31.0. The molecule has 4 unspecified atom stereocenters. The van der Waals surface area contributed by atoms with Crippen molar-refractivity contribution in [2.24, 2.45) is 23.7 Å². The van der Waals surface area contributed by atoms with Crippen LogP contribution in [0, 0.1) is 23.7 Å². The van der Waals surface area contributed by atoms with Gasteiger partial charge in [-0.1, -0.05) is 186 Å². The van der Waals surface area contributed by atoms with Crippen LogP contribution in [0.2, 0.25) is 0 Å². The minimum atomic E-state index is 1.11. The predicted molar refractivity (Wildman–Crippen MR) is 200 cm³/mol. The SMILES string of the molecule is C=C(C)CCN(CCCCCCCCC1CC1CCCCCCCC)CCCCCCCCC1CC1CCCCCCCC. The first-order chi connectivity index (χ1) is 21.6. The van der Waals surface area contributed by atoms with Gasteiger partial charge in [0.15, 0.2) is 0 Å². The van der Waals surface area contributed by atoms with E-state index in [-0.39, 0.29) is 0 Å². The van der Waals surface area contributed by atoms with E-state index in [1.807, 2.05) is 0 Å². The summed E-state index contributed by atoms with van der Waals surface area (Å²) in [4.78, 5) is 2.77. The Bertz CT molecular complexity index is 593. The Kier molecular flexibility index (Phi) is 25.2. The smallest absolute Gasteiger partial charge is 0.00184 e. The third kappa shape index (κ3) is 23.1. The van der Waals surface area contributed by atoms with Crippen LogP contribution in [-0.2, 0) is 0 Å². The van der Waals surface area contributed by atoms with Gasteiger partial charge in [0.25, 0.3) is 0 Å². The number of nitrogens with zero attached hydrogens (tertiary/aromatic N) is 1. The standard InChI is InChI=1S/C43H83N/c1-5-7-9-11-17-23-29-40-37-42(40)31-25-19-13-15-21-27-34-44(36-33-39(3)4)35-28-22-16-14-20-26-32-43-38-41(43)30-24-18-12-10-8-6-2/h40-43H,3,5-38H2,1-2,4H3. The van der Waals surface area contributed by atoms with Crippen LogP contribution >= 0.6 is 0 Å². The van der Waals surface area contributed by atoms with Gasteiger partial charge in [0, 0.05) is 6.54 Å². The molecule has 0 radical (unpaired) electrons. The maximum Gasteiger partial charge on any atom is 0.00184 e. The first-order valence-corrected chi connectivity index (χ1v) is 21.0. The van der Waals surface area contributed by atoms with Crippen LogP contribution in [0.3, 0.4) is 0 Å². The van der Waals surface area contributed by atoms with E-state index in [4.69, 9.17) is 0 Å². The fraction of sp³-hybridized carbons (Fsp3) is 0.953. The van der Waals surface area contributed by atoms with Crippen molar-refractivity contribution in [3.8, 4) is 0 Å². The lowest BCUT2D eigenvalue weighted by Gasteiger charge is -2.22. The van der Waals surface area contributed by atoms with Crippen molar-refractivity contribution < 1.29 is 0 Å². The Balaban J connectivity index is 1.35. The average molecular weight is 614 g/mol. The fourth-order valence-electron chi connectivity index (χ4n) is 7.99. The molecule has 0 N–H and O–H groups in total. The van der Waals surface area contributed by atoms with Crippen molar-refractivity contribution >= 4 is 0 Å². The van der Waals surface area contributed by atoms with Crippen LogP contribution in [0.4, 0.5) is 0 Å². The van der Waals surface area contributed by atoms with Crippen molar-refractivity contribution in [3.63, 3.8) is 0 Å². The summed E-state index contributed by atoms with van der Waals surface area (Å²) in [6, 6.07) is 0. The summed E-state index contributed by atoms with van der Waals surface area (Å²) in [7, 11) is 0. The normalized spacial score (nSPS) is 20.9. The van der Waals surface area contributed by atoms with E-state index < -0.39 is 0 Å². The Morgan fingerprint density at radius 3 is 1.05 bits per heavy atom. The van der Waals surface area contributed by atoms with E-state index in [0.29, 0.717) is 0 Å². The van der Waals surface area contributed by atoms with E-state index in [9.17, 15) is 0 Å². The van der Waals surface area contributed by atoms with Crippen molar-refractivity contribution in [3.05, 3.63) is 12.2 Å². The van der Waals surface area contributed by atoms with Gasteiger partial charge in [-0.15, -0.1) is 6.58 Å². The van der Waals surface area contributed by atoms with Crippen molar-refractivity contribution in [1.29, 1.82) is 0 Å². The first kappa shape index (κ1) is 39.9. The summed E-state index contributed by atoms with van der Waals surface area (Å²) >= 11 is 0. The van der Waals surface area contributed by atoms with Crippen molar-refractivity contribution in [2.75, 3.05) is 19.6 Å². The molecule has 2 saturated carbocycles. The van der Waals surface area contributed by atoms with E-state index in [2.05, 4.69) is 32.3 Å². The maximum atomic E-state index is 4.18. The predicted octanol–water partition coefficient (Wildman–Crippen LogP) is 14.5. The molecule has 260 valence electrons. The fourth-order valence-corrected chi connectivity index (χ4v) is 7.99.